The van der Waals surface area contributed by atoms with Crippen molar-refractivity contribution in [1.29, 1.82) is 0 Å². The molecule has 1 fully saturated rings. The molecule has 3 N–H and O–H groups in total. The van der Waals surface area contributed by atoms with Gasteiger partial charge in [-0.15, -0.1) is 0 Å². The maximum atomic E-state index is 11.0. The van der Waals surface area contributed by atoms with Crippen LogP contribution in [0.4, 0.5) is 0 Å². The predicted molar refractivity (Wildman–Crippen MR) is 93.9 cm³/mol. The van der Waals surface area contributed by atoms with Gasteiger partial charge in [0.1, 0.15) is 0 Å². The average Bonchev–Trinajstić information content (AvgIpc) is 2.79. The van der Waals surface area contributed by atoms with Gasteiger partial charge in [-0.25, -0.2) is 0 Å². The highest BCUT2D eigenvalue weighted by molar-refractivity contribution is 5.24. The first-order chi connectivity index (χ1) is 10.6. The number of aliphatic hydroxyl groups is 3. The van der Waals surface area contributed by atoms with Gasteiger partial charge in [0, 0.05) is 5.92 Å². The topological polar surface area (TPSA) is 60.7 Å². The van der Waals surface area contributed by atoms with E-state index in [0.717, 1.165) is 25.7 Å². The summed E-state index contributed by atoms with van der Waals surface area (Å²) >= 11 is 0. The summed E-state index contributed by atoms with van der Waals surface area (Å²) in [4.78, 5) is 0. The summed E-state index contributed by atoms with van der Waals surface area (Å²) in [5.41, 5.74) is 1.53. The summed E-state index contributed by atoms with van der Waals surface area (Å²) in [6, 6.07) is 0. The van der Waals surface area contributed by atoms with Crippen LogP contribution in [0.1, 0.15) is 59.8 Å². The lowest BCUT2D eigenvalue weighted by atomic mass is 9.76. The largest absolute Gasteiger partial charge is 0.392 e. The Morgan fingerprint density at radius 2 is 2.00 bits per heavy atom. The number of rotatable bonds is 5. The lowest BCUT2D eigenvalue weighted by Gasteiger charge is -2.34. The van der Waals surface area contributed by atoms with Crippen molar-refractivity contribution >= 4 is 0 Å². The molecule has 0 aromatic rings. The first-order valence-electron chi connectivity index (χ1n) is 9.05. The SMILES string of the molecule is C=C1CC[C@@H](C(C)CCC(O)C(C)(C)O)[C@@H](O)[C@@H]2C(C)=CC[C@H]12. The molecule has 1 saturated carbocycles. The Balaban J connectivity index is 2.03. The summed E-state index contributed by atoms with van der Waals surface area (Å²) in [6.07, 6.45) is 5.58. The monoisotopic (exact) mass is 322 g/mol. The number of allylic oxidation sites excluding steroid dienone is 2. The molecule has 0 radical (unpaired) electrons. The van der Waals surface area contributed by atoms with Gasteiger partial charge in [-0.05, 0) is 70.6 Å². The molecule has 0 aromatic carbocycles. The molecule has 0 aliphatic heterocycles. The molecule has 0 aromatic heterocycles. The summed E-state index contributed by atoms with van der Waals surface area (Å²) in [6.45, 7) is 11.9. The van der Waals surface area contributed by atoms with Crippen molar-refractivity contribution in [3.63, 3.8) is 0 Å². The zero-order valence-corrected chi connectivity index (χ0v) is 15.1. The smallest absolute Gasteiger partial charge is 0.0849 e. The Kier molecular flexibility index (Phi) is 5.76. The van der Waals surface area contributed by atoms with Crippen LogP contribution in [0.3, 0.4) is 0 Å². The van der Waals surface area contributed by atoms with Crippen LogP contribution in [0.15, 0.2) is 23.8 Å². The number of aliphatic hydroxyl groups excluding tert-OH is 2. The average molecular weight is 322 g/mol. The fourth-order valence-electron chi connectivity index (χ4n) is 4.42. The van der Waals surface area contributed by atoms with E-state index < -0.39 is 11.7 Å². The van der Waals surface area contributed by atoms with Crippen molar-refractivity contribution in [2.45, 2.75) is 77.6 Å². The standard InChI is InChI=1S/C20H34O3/c1-12-6-10-16(13(2)8-11-17(21)20(4,5)23)19(22)18-14(3)7-9-15(12)18/h7,13,15-19,21-23H,1,6,8-11H2,2-5H3/t13?,15-,16+,17?,18-,19-/m1/s1. The Bertz CT molecular complexity index is 460. The van der Waals surface area contributed by atoms with Crippen LogP contribution >= 0.6 is 0 Å². The quantitative estimate of drug-likeness (QED) is 0.680. The maximum absolute atomic E-state index is 11.0. The summed E-state index contributed by atoms with van der Waals surface area (Å²) in [7, 11) is 0. The first kappa shape index (κ1) is 18.7. The number of hydrogen-bond donors (Lipinski definition) is 3. The molecule has 3 nitrogen and oxygen atoms in total. The van der Waals surface area contributed by atoms with Crippen molar-refractivity contribution < 1.29 is 15.3 Å². The zero-order chi connectivity index (χ0) is 17.4. The third-order valence-electron chi connectivity index (χ3n) is 6.22. The van der Waals surface area contributed by atoms with Gasteiger partial charge in [-0.3, -0.25) is 0 Å². The number of fused-ring (bicyclic) bond motifs is 1. The van der Waals surface area contributed by atoms with Gasteiger partial charge in [0.15, 0.2) is 0 Å². The second kappa shape index (κ2) is 7.08. The molecule has 0 heterocycles. The van der Waals surface area contributed by atoms with E-state index in [1.54, 1.807) is 13.8 Å². The Morgan fingerprint density at radius 1 is 1.35 bits per heavy atom. The van der Waals surface area contributed by atoms with E-state index >= 15 is 0 Å². The van der Waals surface area contributed by atoms with Crippen LogP contribution in [0.2, 0.25) is 0 Å². The lowest BCUT2D eigenvalue weighted by Crippen LogP contribution is -2.37. The second-order valence-electron chi connectivity index (χ2n) is 8.39. The predicted octanol–water partition coefficient (Wildman–Crippen LogP) is 3.44. The molecule has 2 aliphatic carbocycles. The van der Waals surface area contributed by atoms with E-state index in [4.69, 9.17) is 0 Å². The van der Waals surface area contributed by atoms with Crippen LogP contribution in [0, 0.1) is 23.7 Å². The lowest BCUT2D eigenvalue weighted by molar-refractivity contribution is -0.0562. The van der Waals surface area contributed by atoms with Crippen molar-refractivity contribution in [1.82, 2.24) is 0 Å². The molecule has 0 amide bonds. The van der Waals surface area contributed by atoms with Crippen LogP contribution in [0.25, 0.3) is 0 Å². The summed E-state index contributed by atoms with van der Waals surface area (Å²) in [5, 5.41) is 30.9. The van der Waals surface area contributed by atoms with E-state index in [1.807, 2.05) is 0 Å². The molecule has 23 heavy (non-hydrogen) atoms. The summed E-state index contributed by atoms with van der Waals surface area (Å²) < 4.78 is 0. The van der Waals surface area contributed by atoms with Crippen molar-refractivity contribution in [3.8, 4) is 0 Å². The fourth-order valence-corrected chi connectivity index (χ4v) is 4.42. The Labute approximate surface area is 141 Å². The van der Waals surface area contributed by atoms with E-state index in [1.165, 1.54) is 11.1 Å². The Morgan fingerprint density at radius 3 is 2.61 bits per heavy atom. The van der Waals surface area contributed by atoms with Crippen molar-refractivity contribution in [3.05, 3.63) is 23.8 Å². The molecule has 2 rings (SSSR count). The molecule has 6 atom stereocenters. The van der Waals surface area contributed by atoms with Crippen LogP contribution in [-0.2, 0) is 0 Å². The van der Waals surface area contributed by atoms with Crippen molar-refractivity contribution in [2.75, 3.05) is 0 Å². The molecule has 2 unspecified atom stereocenters. The molecular formula is C20H34O3. The third kappa shape index (κ3) is 4.07. The van der Waals surface area contributed by atoms with Gasteiger partial charge in [0.25, 0.3) is 0 Å². The van der Waals surface area contributed by atoms with Crippen LogP contribution < -0.4 is 0 Å². The minimum absolute atomic E-state index is 0.219. The molecule has 2 aliphatic rings. The zero-order valence-electron chi connectivity index (χ0n) is 15.1. The van der Waals surface area contributed by atoms with E-state index in [0.29, 0.717) is 18.3 Å². The maximum Gasteiger partial charge on any atom is 0.0849 e. The van der Waals surface area contributed by atoms with E-state index in [2.05, 4.69) is 26.5 Å². The minimum Gasteiger partial charge on any atom is -0.392 e. The highest BCUT2D eigenvalue weighted by Crippen LogP contribution is 2.47. The van der Waals surface area contributed by atoms with Gasteiger partial charge in [-0.1, -0.05) is 30.7 Å². The van der Waals surface area contributed by atoms with E-state index in [9.17, 15) is 15.3 Å². The van der Waals surface area contributed by atoms with Gasteiger partial charge in [0.2, 0.25) is 0 Å². The van der Waals surface area contributed by atoms with Gasteiger partial charge >= 0.3 is 0 Å². The van der Waals surface area contributed by atoms with Gasteiger partial charge < -0.3 is 15.3 Å². The number of hydrogen-bond acceptors (Lipinski definition) is 3. The molecule has 0 bridgehead atoms. The fraction of sp³-hybridized carbons (Fsp3) is 0.800. The van der Waals surface area contributed by atoms with Crippen molar-refractivity contribution in [2.24, 2.45) is 23.7 Å². The molecular weight excluding hydrogens is 288 g/mol. The van der Waals surface area contributed by atoms with Gasteiger partial charge in [0.05, 0.1) is 17.8 Å². The minimum atomic E-state index is -1.06. The molecule has 0 saturated heterocycles. The highest BCUT2D eigenvalue weighted by atomic mass is 16.3. The highest BCUT2D eigenvalue weighted by Gasteiger charge is 2.42. The molecule has 132 valence electrons. The van der Waals surface area contributed by atoms with Gasteiger partial charge in [-0.2, -0.15) is 0 Å². The third-order valence-corrected chi connectivity index (χ3v) is 6.22. The van der Waals surface area contributed by atoms with Crippen LogP contribution in [0.5, 0.6) is 0 Å². The Hall–Kier alpha value is -0.640. The first-order valence-corrected chi connectivity index (χ1v) is 9.05. The second-order valence-corrected chi connectivity index (χ2v) is 8.39. The molecule has 0 spiro atoms. The molecule has 3 heteroatoms. The summed E-state index contributed by atoms with van der Waals surface area (Å²) in [5.74, 6) is 1.18. The normalized spacial score (nSPS) is 34.6. The van der Waals surface area contributed by atoms with E-state index in [-0.39, 0.29) is 17.9 Å². The van der Waals surface area contributed by atoms with Crippen LogP contribution in [-0.4, -0.2) is 33.1 Å².